The molecular formula is C13H18N2O2S. The molecule has 1 aromatic heterocycles. The predicted octanol–water partition coefficient (Wildman–Crippen LogP) is 3.50. The minimum Gasteiger partial charge on any atom is -0.449 e. The van der Waals surface area contributed by atoms with Gasteiger partial charge in [0.2, 0.25) is 0 Å². The van der Waals surface area contributed by atoms with E-state index in [0.717, 1.165) is 17.0 Å². The highest BCUT2D eigenvalue weighted by molar-refractivity contribution is 7.09. The van der Waals surface area contributed by atoms with Crippen LogP contribution in [0.3, 0.4) is 0 Å². The maximum atomic E-state index is 11.9. The number of amides is 1. The van der Waals surface area contributed by atoms with Gasteiger partial charge in [-0.2, -0.15) is 0 Å². The molecule has 0 bridgehead atoms. The molecule has 1 aromatic rings. The first-order chi connectivity index (χ1) is 8.52. The zero-order chi connectivity index (χ0) is 13.2. The molecule has 0 atom stereocenters. The van der Waals surface area contributed by atoms with Gasteiger partial charge in [0.1, 0.15) is 0 Å². The second-order valence-corrected chi connectivity index (χ2v) is 6.12. The molecule has 0 spiro atoms. The smallest absolute Gasteiger partial charge is 0.414 e. The van der Waals surface area contributed by atoms with E-state index in [4.69, 9.17) is 4.74 Å². The van der Waals surface area contributed by atoms with Crippen molar-refractivity contribution < 1.29 is 9.53 Å². The van der Waals surface area contributed by atoms with Gasteiger partial charge in [0.15, 0.2) is 0 Å². The Kier molecular flexibility index (Phi) is 3.71. The van der Waals surface area contributed by atoms with E-state index in [1.807, 2.05) is 6.08 Å². The van der Waals surface area contributed by atoms with Gasteiger partial charge in [0.05, 0.1) is 29.2 Å². The summed E-state index contributed by atoms with van der Waals surface area (Å²) in [5, 5.41) is 0. The highest BCUT2D eigenvalue weighted by Crippen LogP contribution is 2.24. The maximum absolute atomic E-state index is 11.9. The highest BCUT2D eigenvalue weighted by Gasteiger charge is 2.23. The summed E-state index contributed by atoms with van der Waals surface area (Å²) >= 11 is 1.56. The molecule has 0 saturated carbocycles. The topological polar surface area (TPSA) is 42.4 Å². The number of ether oxygens (including phenoxy) is 1. The number of carbonyl (C=O) groups excluding carboxylic acids is 1. The van der Waals surface area contributed by atoms with E-state index >= 15 is 0 Å². The van der Waals surface area contributed by atoms with Gasteiger partial charge in [-0.1, -0.05) is 20.8 Å². The Morgan fingerprint density at radius 2 is 2.39 bits per heavy atom. The number of aromatic nitrogens is 1. The molecule has 0 saturated heterocycles. The largest absolute Gasteiger partial charge is 0.449 e. The van der Waals surface area contributed by atoms with Crippen LogP contribution in [-0.2, 0) is 11.3 Å². The van der Waals surface area contributed by atoms with Crippen LogP contribution in [0.25, 0.3) is 6.08 Å². The van der Waals surface area contributed by atoms with Gasteiger partial charge in [-0.05, 0) is 17.9 Å². The molecule has 0 aliphatic carbocycles. The average Bonchev–Trinajstić information content (AvgIpc) is 2.83. The Morgan fingerprint density at radius 3 is 3.11 bits per heavy atom. The van der Waals surface area contributed by atoms with Crippen molar-refractivity contribution in [3.05, 3.63) is 22.3 Å². The van der Waals surface area contributed by atoms with Crippen LogP contribution >= 0.6 is 11.3 Å². The Balaban J connectivity index is 1.92. The van der Waals surface area contributed by atoms with Crippen LogP contribution in [0, 0.1) is 5.41 Å². The summed E-state index contributed by atoms with van der Waals surface area (Å²) in [5.41, 5.74) is 2.78. The van der Waals surface area contributed by atoms with E-state index < -0.39 is 0 Å². The Morgan fingerprint density at radius 1 is 1.61 bits per heavy atom. The molecule has 1 amide bonds. The van der Waals surface area contributed by atoms with Crippen molar-refractivity contribution >= 4 is 23.5 Å². The molecule has 1 aliphatic heterocycles. The van der Waals surface area contributed by atoms with Crippen molar-refractivity contribution in [2.45, 2.75) is 33.7 Å². The SMILES string of the molecule is CCC(C)(C)COC(=O)N1C=Cc2ncsc2C1. The van der Waals surface area contributed by atoms with E-state index in [1.165, 1.54) is 0 Å². The van der Waals surface area contributed by atoms with Crippen LogP contribution in [0.5, 0.6) is 0 Å². The lowest BCUT2D eigenvalue weighted by molar-refractivity contribution is 0.0745. The zero-order valence-corrected chi connectivity index (χ0v) is 11.8. The summed E-state index contributed by atoms with van der Waals surface area (Å²) in [6.07, 6.45) is 4.28. The number of hydrogen-bond donors (Lipinski definition) is 0. The molecule has 0 N–H and O–H groups in total. The van der Waals surface area contributed by atoms with E-state index in [9.17, 15) is 4.79 Å². The van der Waals surface area contributed by atoms with E-state index in [-0.39, 0.29) is 11.5 Å². The average molecular weight is 266 g/mol. The standard InChI is InChI=1S/C13H18N2O2S/c1-4-13(2,3)8-17-12(16)15-6-5-10-11(7-15)18-9-14-10/h5-6,9H,4,7-8H2,1-3H3. The first-order valence-corrected chi connectivity index (χ1v) is 6.94. The predicted molar refractivity (Wildman–Crippen MR) is 72.1 cm³/mol. The Labute approximate surface area is 111 Å². The summed E-state index contributed by atoms with van der Waals surface area (Å²) in [4.78, 5) is 18.8. The molecule has 0 fully saturated rings. The fourth-order valence-corrected chi connectivity index (χ4v) is 2.22. The zero-order valence-electron chi connectivity index (χ0n) is 11.0. The third-order valence-corrected chi connectivity index (χ3v) is 4.01. The monoisotopic (exact) mass is 266 g/mol. The fraction of sp³-hybridized carbons (Fsp3) is 0.538. The molecule has 4 nitrogen and oxygen atoms in total. The molecule has 5 heteroatoms. The molecule has 18 heavy (non-hydrogen) atoms. The Bertz CT molecular complexity index is 465. The summed E-state index contributed by atoms with van der Waals surface area (Å²) in [6.45, 7) is 7.28. The number of hydrogen-bond acceptors (Lipinski definition) is 4. The third-order valence-electron chi connectivity index (χ3n) is 3.18. The number of nitrogens with zero attached hydrogens (tertiary/aromatic N) is 2. The van der Waals surface area contributed by atoms with Crippen LogP contribution in [-0.4, -0.2) is 22.6 Å². The van der Waals surface area contributed by atoms with Crippen LogP contribution in [0.1, 0.15) is 37.8 Å². The fourth-order valence-electron chi connectivity index (χ4n) is 1.47. The summed E-state index contributed by atoms with van der Waals surface area (Å²) in [7, 11) is 0. The third kappa shape index (κ3) is 2.90. The van der Waals surface area contributed by atoms with Crippen LogP contribution in [0.15, 0.2) is 11.7 Å². The van der Waals surface area contributed by atoms with Gasteiger partial charge in [-0.3, -0.25) is 4.90 Å². The second-order valence-electron chi connectivity index (χ2n) is 5.18. The molecule has 0 unspecified atom stereocenters. The number of thiazole rings is 1. The highest BCUT2D eigenvalue weighted by atomic mass is 32.1. The summed E-state index contributed by atoms with van der Waals surface area (Å²) in [5.74, 6) is 0. The number of rotatable bonds is 3. The number of fused-ring (bicyclic) bond motifs is 1. The van der Waals surface area contributed by atoms with E-state index in [1.54, 1.807) is 27.9 Å². The lowest BCUT2D eigenvalue weighted by atomic mass is 9.92. The molecular weight excluding hydrogens is 248 g/mol. The normalized spacial score (nSPS) is 14.5. The molecule has 1 aliphatic rings. The van der Waals surface area contributed by atoms with Gasteiger partial charge < -0.3 is 4.74 Å². The lowest BCUT2D eigenvalue weighted by Crippen LogP contribution is -2.31. The quantitative estimate of drug-likeness (QED) is 0.841. The van der Waals surface area contributed by atoms with E-state index in [0.29, 0.717) is 13.2 Å². The molecule has 98 valence electrons. The molecule has 0 radical (unpaired) electrons. The van der Waals surface area contributed by atoms with Crippen LogP contribution in [0.4, 0.5) is 4.79 Å². The van der Waals surface area contributed by atoms with Crippen molar-refractivity contribution in [3.8, 4) is 0 Å². The Hall–Kier alpha value is -1.36. The van der Waals surface area contributed by atoms with Crippen molar-refractivity contribution in [3.63, 3.8) is 0 Å². The summed E-state index contributed by atoms with van der Waals surface area (Å²) in [6, 6.07) is 0. The van der Waals surface area contributed by atoms with Gasteiger partial charge in [-0.25, -0.2) is 9.78 Å². The van der Waals surface area contributed by atoms with Gasteiger partial charge in [0, 0.05) is 6.20 Å². The first-order valence-electron chi connectivity index (χ1n) is 6.06. The van der Waals surface area contributed by atoms with Crippen LogP contribution < -0.4 is 0 Å². The van der Waals surface area contributed by atoms with Crippen LogP contribution in [0.2, 0.25) is 0 Å². The minimum atomic E-state index is -0.285. The second kappa shape index (κ2) is 5.10. The van der Waals surface area contributed by atoms with Crippen molar-refractivity contribution in [1.29, 1.82) is 0 Å². The van der Waals surface area contributed by atoms with E-state index in [2.05, 4.69) is 25.8 Å². The molecule has 2 heterocycles. The number of carbonyl (C=O) groups is 1. The molecule has 2 rings (SSSR count). The lowest BCUT2D eigenvalue weighted by Gasteiger charge is -2.25. The maximum Gasteiger partial charge on any atom is 0.414 e. The molecule has 0 aromatic carbocycles. The van der Waals surface area contributed by atoms with Crippen molar-refractivity contribution in [2.75, 3.05) is 6.61 Å². The van der Waals surface area contributed by atoms with Gasteiger partial charge >= 0.3 is 6.09 Å². The van der Waals surface area contributed by atoms with Gasteiger partial charge in [0.25, 0.3) is 0 Å². The van der Waals surface area contributed by atoms with Gasteiger partial charge in [-0.15, -0.1) is 11.3 Å². The van der Waals surface area contributed by atoms with Crippen molar-refractivity contribution in [1.82, 2.24) is 9.88 Å². The first kappa shape index (κ1) is 13.1. The summed E-state index contributed by atoms with van der Waals surface area (Å²) < 4.78 is 5.35. The van der Waals surface area contributed by atoms with Crippen molar-refractivity contribution in [2.24, 2.45) is 5.41 Å². The minimum absolute atomic E-state index is 0.0325.